The van der Waals surface area contributed by atoms with Crippen LogP contribution in [0.3, 0.4) is 0 Å². The van der Waals surface area contributed by atoms with E-state index in [-0.39, 0.29) is 0 Å². The smallest absolute Gasteiger partial charge is 0.118 e. The van der Waals surface area contributed by atoms with Crippen molar-refractivity contribution in [3.05, 3.63) is 22.2 Å². The Morgan fingerprint density at radius 1 is 1.29 bits per heavy atom. The van der Waals surface area contributed by atoms with E-state index in [1.165, 1.54) is 36.4 Å². The van der Waals surface area contributed by atoms with Crippen LogP contribution in [0.1, 0.15) is 60.0 Å². The van der Waals surface area contributed by atoms with Crippen molar-refractivity contribution in [2.24, 2.45) is 0 Å². The summed E-state index contributed by atoms with van der Waals surface area (Å²) in [4.78, 5) is 6.34. The molecule has 3 aliphatic rings. The van der Waals surface area contributed by atoms with Gasteiger partial charge in [-0.15, -0.1) is 11.3 Å². The van der Waals surface area contributed by atoms with Gasteiger partial charge in [0.2, 0.25) is 0 Å². The first-order chi connectivity index (χ1) is 6.75. The van der Waals surface area contributed by atoms with Gasteiger partial charge in [0, 0.05) is 10.8 Å². The van der Waals surface area contributed by atoms with E-state index in [1.807, 2.05) is 11.3 Å². The minimum Gasteiger partial charge on any atom is -0.241 e. The molecule has 14 heavy (non-hydrogen) atoms. The largest absolute Gasteiger partial charge is 0.241 e. The van der Waals surface area contributed by atoms with Gasteiger partial charge in [-0.05, 0) is 44.1 Å². The van der Waals surface area contributed by atoms with Crippen molar-refractivity contribution in [1.82, 2.24) is 4.98 Å². The summed E-state index contributed by atoms with van der Waals surface area (Å²) in [6.07, 6.45) is 5.54. The van der Waals surface area contributed by atoms with E-state index in [0.717, 1.165) is 17.4 Å². The van der Waals surface area contributed by atoms with E-state index in [2.05, 4.69) is 13.5 Å². The van der Waals surface area contributed by atoms with Crippen LogP contribution in [0.4, 0.5) is 0 Å². The van der Waals surface area contributed by atoms with Crippen molar-refractivity contribution in [3.8, 4) is 0 Å². The molecule has 0 aromatic carbocycles. The molecule has 4 rings (SSSR count). The van der Waals surface area contributed by atoms with Gasteiger partial charge in [0.25, 0.3) is 0 Å². The first-order valence-electron chi connectivity index (χ1n) is 5.42. The summed E-state index contributed by atoms with van der Waals surface area (Å²) in [5.41, 5.74) is 2.55. The second-order valence-electron chi connectivity index (χ2n) is 4.60. The highest BCUT2D eigenvalue weighted by Gasteiger charge is 2.35. The summed E-state index contributed by atoms with van der Waals surface area (Å²) in [6, 6.07) is 0. The molecule has 1 aromatic rings. The van der Waals surface area contributed by atoms with Crippen LogP contribution in [0, 0.1) is 0 Å². The second-order valence-corrected chi connectivity index (χ2v) is 5.63. The number of hydrogen-bond acceptors (Lipinski definition) is 2. The van der Waals surface area contributed by atoms with E-state index in [9.17, 15) is 0 Å². The van der Waals surface area contributed by atoms with Gasteiger partial charge in [0.05, 0.1) is 5.69 Å². The molecule has 0 unspecified atom stereocenters. The van der Waals surface area contributed by atoms with E-state index < -0.39 is 0 Å². The highest BCUT2D eigenvalue weighted by atomic mass is 32.1. The van der Waals surface area contributed by atoms with Gasteiger partial charge < -0.3 is 0 Å². The highest BCUT2D eigenvalue weighted by Crippen LogP contribution is 2.51. The molecule has 0 atom stereocenters. The van der Waals surface area contributed by atoms with Gasteiger partial charge >= 0.3 is 0 Å². The lowest BCUT2D eigenvalue weighted by molar-refractivity contribution is 0.358. The molecule has 1 heterocycles. The van der Waals surface area contributed by atoms with E-state index in [4.69, 9.17) is 4.98 Å². The molecule has 74 valence electrons. The van der Waals surface area contributed by atoms with Gasteiger partial charge in [-0.3, -0.25) is 0 Å². The fraction of sp³-hybridized carbons (Fsp3) is 0.583. The molecule has 0 N–H and O–H groups in total. The SMILES string of the molecule is C=C(C)c1nc2c(s1)C1CCC2CC1. The molecular formula is C12H15NS. The molecule has 1 nitrogen and oxygen atoms in total. The van der Waals surface area contributed by atoms with Crippen LogP contribution in [-0.4, -0.2) is 4.98 Å². The van der Waals surface area contributed by atoms with E-state index in [1.54, 1.807) is 4.88 Å². The van der Waals surface area contributed by atoms with Gasteiger partial charge in [-0.25, -0.2) is 4.98 Å². The zero-order valence-corrected chi connectivity index (χ0v) is 9.36. The Labute approximate surface area is 88.9 Å². The highest BCUT2D eigenvalue weighted by molar-refractivity contribution is 7.13. The fourth-order valence-corrected chi connectivity index (χ4v) is 3.99. The average Bonchev–Trinajstić information content (AvgIpc) is 2.65. The Kier molecular flexibility index (Phi) is 1.81. The molecule has 1 fully saturated rings. The summed E-state index contributed by atoms with van der Waals surface area (Å²) >= 11 is 1.90. The van der Waals surface area contributed by atoms with Crippen molar-refractivity contribution in [1.29, 1.82) is 0 Å². The Morgan fingerprint density at radius 3 is 2.50 bits per heavy atom. The zero-order chi connectivity index (χ0) is 9.71. The molecule has 0 amide bonds. The van der Waals surface area contributed by atoms with Gasteiger partial charge in [-0.2, -0.15) is 0 Å². The third-order valence-electron chi connectivity index (χ3n) is 3.53. The van der Waals surface area contributed by atoms with Crippen molar-refractivity contribution in [2.75, 3.05) is 0 Å². The Hall–Kier alpha value is -0.630. The number of fused-ring (bicyclic) bond motifs is 2. The van der Waals surface area contributed by atoms with E-state index in [0.29, 0.717) is 0 Å². The maximum atomic E-state index is 4.75. The predicted molar refractivity (Wildman–Crippen MR) is 60.8 cm³/mol. The maximum absolute atomic E-state index is 4.75. The quantitative estimate of drug-likeness (QED) is 0.677. The van der Waals surface area contributed by atoms with Crippen LogP contribution in [0.5, 0.6) is 0 Å². The Morgan fingerprint density at radius 2 is 1.93 bits per heavy atom. The summed E-state index contributed by atoms with van der Waals surface area (Å²) in [6.45, 7) is 6.05. The molecule has 1 saturated carbocycles. The van der Waals surface area contributed by atoms with Crippen LogP contribution in [-0.2, 0) is 0 Å². The van der Waals surface area contributed by atoms with Gasteiger partial charge in [-0.1, -0.05) is 6.58 Å². The van der Waals surface area contributed by atoms with Crippen molar-refractivity contribution in [3.63, 3.8) is 0 Å². The number of allylic oxidation sites excluding steroid dienone is 1. The first-order valence-corrected chi connectivity index (χ1v) is 6.24. The lowest BCUT2D eigenvalue weighted by Crippen LogP contribution is -2.20. The third-order valence-corrected chi connectivity index (χ3v) is 4.93. The third kappa shape index (κ3) is 1.10. The number of aromatic nitrogens is 1. The maximum Gasteiger partial charge on any atom is 0.118 e. The van der Waals surface area contributed by atoms with Crippen LogP contribution in [0.25, 0.3) is 5.57 Å². The number of rotatable bonds is 1. The van der Waals surface area contributed by atoms with Crippen LogP contribution in [0.2, 0.25) is 0 Å². The molecular weight excluding hydrogens is 190 g/mol. The first kappa shape index (κ1) is 8.66. The molecule has 0 spiro atoms. The topological polar surface area (TPSA) is 12.9 Å². The van der Waals surface area contributed by atoms with Gasteiger partial charge in [0.15, 0.2) is 0 Å². The molecule has 1 aromatic heterocycles. The number of hydrogen-bond donors (Lipinski definition) is 0. The van der Waals surface area contributed by atoms with Crippen molar-refractivity contribution < 1.29 is 0 Å². The molecule has 0 radical (unpaired) electrons. The molecule has 2 bridgehead atoms. The predicted octanol–water partition coefficient (Wildman–Crippen LogP) is 3.93. The fourth-order valence-electron chi connectivity index (χ4n) is 2.74. The van der Waals surface area contributed by atoms with Gasteiger partial charge in [0.1, 0.15) is 5.01 Å². The lowest BCUT2D eigenvalue weighted by Gasteiger charge is -2.34. The van der Waals surface area contributed by atoms with E-state index >= 15 is 0 Å². The summed E-state index contributed by atoms with van der Waals surface area (Å²) in [5, 5.41) is 1.17. The van der Waals surface area contributed by atoms with Crippen molar-refractivity contribution >= 4 is 16.9 Å². The standard InChI is InChI=1S/C12H15NS/c1-7(2)12-13-10-8-3-5-9(6-4-8)11(10)14-12/h8-9H,1,3-6H2,2H3. The molecule has 0 aliphatic heterocycles. The summed E-state index contributed by atoms with van der Waals surface area (Å²) in [5.74, 6) is 1.61. The Balaban J connectivity index is 2.11. The molecule has 2 heteroatoms. The van der Waals surface area contributed by atoms with Crippen LogP contribution in [0.15, 0.2) is 6.58 Å². The van der Waals surface area contributed by atoms with Crippen LogP contribution >= 0.6 is 11.3 Å². The second kappa shape index (κ2) is 2.93. The summed E-state index contributed by atoms with van der Waals surface area (Å²) in [7, 11) is 0. The minimum atomic E-state index is 0.777. The van der Waals surface area contributed by atoms with Crippen molar-refractivity contribution in [2.45, 2.75) is 44.4 Å². The zero-order valence-electron chi connectivity index (χ0n) is 8.55. The molecule has 0 saturated heterocycles. The number of thiazole rings is 1. The molecule has 3 aliphatic carbocycles. The average molecular weight is 205 g/mol. The van der Waals surface area contributed by atoms with Crippen LogP contribution < -0.4 is 0 Å². The monoisotopic (exact) mass is 205 g/mol. The minimum absolute atomic E-state index is 0.777. The normalized spacial score (nSPS) is 28.9. The summed E-state index contributed by atoms with van der Waals surface area (Å²) < 4.78 is 0. The number of nitrogens with zero attached hydrogens (tertiary/aromatic N) is 1. The lowest BCUT2D eigenvalue weighted by atomic mass is 9.73. The Bertz CT molecular complexity index is 354.